The Kier molecular flexibility index (Phi) is 8.92. The summed E-state index contributed by atoms with van der Waals surface area (Å²) in [5.41, 5.74) is -1.01. The lowest BCUT2D eigenvalue weighted by Gasteiger charge is -2.42. The van der Waals surface area contributed by atoms with E-state index in [4.69, 9.17) is 20.4 Å². The van der Waals surface area contributed by atoms with Crippen molar-refractivity contribution in [3.05, 3.63) is 12.7 Å². The first kappa shape index (κ1) is 18.5. The van der Waals surface area contributed by atoms with Crippen LogP contribution in [0.1, 0.15) is 27.2 Å². The maximum absolute atomic E-state index is 9.25. The van der Waals surface area contributed by atoms with Gasteiger partial charge in [-0.05, 0) is 5.41 Å². The van der Waals surface area contributed by atoms with Gasteiger partial charge in [-0.2, -0.15) is 0 Å². The Hall–Kier alpha value is -0.910. The molecule has 5 nitrogen and oxygen atoms in total. The maximum atomic E-state index is 9.25. The third-order valence-corrected chi connectivity index (χ3v) is 3.40. The standard InChI is InChI=1S/C9H20O3.C3H4O2/c1-4-8(2,3)9(5-10,6-11)7-12;1-2-3(4)5/h10-12H,4-7H2,1-3H3;2H,1H2,(H,4,5). The molecule has 0 radical (unpaired) electrons. The normalized spacial score (nSPS) is 11.4. The smallest absolute Gasteiger partial charge is 0.327 e. The molecular weight excluding hydrogens is 224 g/mol. The topological polar surface area (TPSA) is 98.0 Å². The molecule has 0 fully saturated rings. The molecule has 0 aliphatic carbocycles. The Morgan fingerprint density at radius 2 is 1.47 bits per heavy atom. The zero-order chi connectivity index (χ0) is 14.1. The molecule has 0 spiro atoms. The second-order valence-electron chi connectivity index (χ2n) is 4.53. The second-order valence-corrected chi connectivity index (χ2v) is 4.53. The van der Waals surface area contributed by atoms with Gasteiger partial charge in [0.15, 0.2) is 0 Å². The van der Waals surface area contributed by atoms with Crippen molar-refractivity contribution in [1.82, 2.24) is 0 Å². The van der Waals surface area contributed by atoms with Crippen molar-refractivity contribution in [2.75, 3.05) is 19.8 Å². The summed E-state index contributed by atoms with van der Waals surface area (Å²) in [7, 11) is 0. The van der Waals surface area contributed by atoms with Crippen LogP contribution in [0.15, 0.2) is 12.7 Å². The fourth-order valence-electron chi connectivity index (χ4n) is 1.17. The van der Waals surface area contributed by atoms with Crippen molar-refractivity contribution in [3.63, 3.8) is 0 Å². The van der Waals surface area contributed by atoms with Gasteiger partial charge in [0.1, 0.15) is 0 Å². The van der Waals surface area contributed by atoms with E-state index in [9.17, 15) is 4.79 Å². The molecule has 0 aliphatic rings. The number of rotatable bonds is 6. The average molecular weight is 248 g/mol. The van der Waals surface area contributed by atoms with E-state index in [1.165, 1.54) is 0 Å². The first-order chi connectivity index (χ1) is 7.76. The molecular formula is C12H24O5. The van der Waals surface area contributed by atoms with Crippen molar-refractivity contribution in [3.8, 4) is 0 Å². The molecule has 0 bridgehead atoms. The zero-order valence-electron chi connectivity index (χ0n) is 10.8. The fourth-order valence-corrected chi connectivity index (χ4v) is 1.17. The minimum Gasteiger partial charge on any atom is -0.478 e. The Morgan fingerprint density at radius 1 is 1.18 bits per heavy atom. The molecule has 0 saturated carbocycles. The summed E-state index contributed by atoms with van der Waals surface area (Å²) in [6.45, 7) is 8.28. The molecule has 0 heterocycles. The Labute approximate surface area is 102 Å². The molecule has 4 N–H and O–H groups in total. The lowest BCUT2D eigenvalue weighted by atomic mass is 9.65. The van der Waals surface area contributed by atoms with E-state index in [0.29, 0.717) is 0 Å². The van der Waals surface area contributed by atoms with E-state index >= 15 is 0 Å². The van der Waals surface area contributed by atoms with Crippen LogP contribution in [0, 0.1) is 10.8 Å². The van der Waals surface area contributed by atoms with Gasteiger partial charge >= 0.3 is 5.97 Å². The molecule has 17 heavy (non-hydrogen) atoms. The van der Waals surface area contributed by atoms with Crippen LogP contribution in [0.25, 0.3) is 0 Å². The van der Waals surface area contributed by atoms with Crippen LogP contribution < -0.4 is 0 Å². The van der Waals surface area contributed by atoms with Crippen LogP contribution in [0.3, 0.4) is 0 Å². The summed E-state index contributed by atoms with van der Waals surface area (Å²) in [5.74, 6) is -0.981. The van der Waals surface area contributed by atoms with Crippen molar-refractivity contribution < 1.29 is 25.2 Å². The number of hydrogen-bond donors (Lipinski definition) is 4. The third kappa shape index (κ3) is 5.30. The predicted molar refractivity (Wildman–Crippen MR) is 65.6 cm³/mol. The highest BCUT2D eigenvalue weighted by Crippen LogP contribution is 2.40. The molecule has 0 aromatic rings. The van der Waals surface area contributed by atoms with Gasteiger partial charge in [0, 0.05) is 11.5 Å². The molecule has 0 unspecified atom stereocenters. The SMILES string of the molecule is C=CC(=O)O.CCC(C)(C)C(CO)(CO)CO. The summed E-state index contributed by atoms with van der Waals surface area (Å²) >= 11 is 0. The largest absolute Gasteiger partial charge is 0.478 e. The number of carboxylic acid groups (broad SMARTS) is 1. The molecule has 0 aliphatic heterocycles. The first-order valence-corrected chi connectivity index (χ1v) is 5.44. The van der Waals surface area contributed by atoms with Crippen LogP contribution in [0.5, 0.6) is 0 Å². The van der Waals surface area contributed by atoms with Gasteiger partial charge in [-0.3, -0.25) is 0 Å². The molecule has 0 amide bonds. The molecule has 0 rings (SSSR count). The summed E-state index contributed by atoms with van der Waals surface area (Å²) in [6.07, 6.45) is 1.65. The van der Waals surface area contributed by atoms with Gasteiger partial charge in [-0.15, -0.1) is 0 Å². The molecule has 0 aromatic heterocycles. The van der Waals surface area contributed by atoms with E-state index in [2.05, 4.69) is 6.58 Å². The van der Waals surface area contributed by atoms with Gasteiger partial charge < -0.3 is 20.4 Å². The van der Waals surface area contributed by atoms with Crippen molar-refractivity contribution in [1.29, 1.82) is 0 Å². The van der Waals surface area contributed by atoms with Crippen molar-refractivity contribution >= 4 is 5.97 Å². The monoisotopic (exact) mass is 248 g/mol. The number of hydrogen-bond acceptors (Lipinski definition) is 4. The van der Waals surface area contributed by atoms with E-state index in [0.717, 1.165) is 12.5 Å². The summed E-state index contributed by atoms with van der Waals surface area (Å²) in [6, 6.07) is 0. The van der Waals surface area contributed by atoms with Crippen molar-refractivity contribution in [2.24, 2.45) is 10.8 Å². The van der Waals surface area contributed by atoms with Crippen LogP contribution >= 0.6 is 0 Å². The fraction of sp³-hybridized carbons (Fsp3) is 0.750. The second kappa shape index (κ2) is 8.22. The van der Waals surface area contributed by atoms with E-state index in [-0.39, 0.29) is 25.2 Å². The highest BCUT2D eigenvalue weighted by atomic mass is 16.4. The summed E-state index contributed by atoms with van der Waals surface area (Å²) < 4.78 is 0. The Balaban J connectivity index is 0. The van der Waals surface area contributed by atoms with Crippen LogP contribution in [0.4, 0.5) is 0 Å². The average Bonchev–Trinajstić information content (AvgIpc) is 2.32. The number of aliphatic hydroxyl groups is 3. The van der Waals surface area contributed by atoms with Crippen LogP contribution in [-0.4, -0.2) is 46.2 Å². The highest BCUT2D eigenvalue weighted by Gasteiger charge is 2.42. The highest BCUT2D eigenvalue weighted by molar-refractivity contribution is 5.78. The van der Waals surface area contributed by atoms with Gasteiger partial charge in [-0.1, -0.05) is 33.8 Å². The van der Waals surface area contributed by atoms with Crippen molar-refractivity contribution in [2.45, 2.75) is 27.2 Å². The number of aliphatic carboxylic acids is 1. The van der Waals surface area contributed by atoms with Crippen LogP contribution in [-0.2, 0) is 4.79 Å². The minimum absolute atomic E-state index is 0.180. The number of carboxylic acids is 1. The van der Waals surface area contributed by atoms with Gasteiger partial charge in [0.05, 0.1) is 19.8 Å². The Morgan fingerprint density at radius 3 is 1.53 bits per heavy atom. The van der Waals surface area contributed by atoms with Gasteiger partial charge in [0.2, 0.25) is 0 Å². The predicted octanol–water partition coefficient (Wildman–Crippen LogP) is 0.643. The minimum atomic E-state index is -0.981. The molecule has 5 heteroatoms. The van der Waals surface area contributed by atoms with Gasteiger partial charge in [0.25, 0.3) is 0 Å². The lowest BCUT2D eigenvalue weighted by molar-refractivity contribution is -0.131. The molecule has 0 saturated heterocycles. The van der Waals surface area contributed by atoms with Crippen LogP contribution in [0.2, 0.25) is 0 Å². The number of aliphatic hydroxyl groups excluding tert-OH is 3. The number of carbonyl (C=O) groups is 1. The van der Waals surface area contributed by atoms with E-state index in [1.807, 2.05) is 20.8 Å². The lowest BCUT2D eigenvalue weighted by Crippen LogP contribution is -2.46. The molecule has 0 aromatic carbocycles. The van der Waals surface area contributed by atoms with Gasteiger partial charge in [-0.25, -0.2) is 4.79 Å². The molecule has 102 valence electrons. The quantitative estimate of drug-likeness (QED) is 0.517. The maximum Gasteiger partial charge on any atom is 0.327 e. The zero-order valence-corrected chi connectivity index (χ0v) is 10.8. The Bertz CT molecular complexity index is 223. The third-order valence-electron chi connectivity index (χ3n) is 3.40. The summed E-state index contributed by atoms with van der Waals surface area (Å²) in [4.78, 5) is 9.25. The first-order valence-electron chi connectivity index (χ1n) is 5.44. The van der Waals surface area contributed by atoms with E-state index < -0.39 is 11.4 Å². The van der Waals surface area contributed by atoms with E-state index in [1.54, 1.807) is 0 Å². The molecule has 0 atom stereocenters. The summed E-state index contributed by atoms with van der Waals surface area (Å²) in [5, 5.41) is 35.0.